The molecular formula is C17H27N3O. The molecule has 0 bridgehead atoms. The number of morpholine rings is 1. The van der Waals surface area contributed by atoms with Crippen molar-refractivity contribution < 1.29 is 4.74 Å². The molecule has 1 atom stereocenters. The van der Waals surface area contributed by atoms with Gasteiger partial charge in [0.1, 0.15) is 0 Å². The maximum absolute atomic E-state index is 5.49. The SMILES string of the molecule is CCN(CC)c1ccc2c(c1)CNC[C@H]2N1CCOCC1. The van der Waals surface area contributed by atoms with Crippen LogP contribution in [0.25, 0.3) is 0 Å². The minimum Gasteiger partial charge on any atom is -0.379 e. The van der Waals surface area contributed by atoms with Crippen molar-refractivity contribution in [3.63, 3.8) is 0 Å². The van der Waals surface area contributed by atoms with Crippen molar-refractivity contribution in [1.82, 2.24) is 10.2 Å². The van der Waals surface area contributed by atoms with Crippen LogP contribution in [0.4, 0.5) is 5.69 Å². The van der Waals surface area contributed by atoms with Gasteiger partial charge in [-0.15, -0.1) is 0 Å². The molecule has 4 heteroatoms. The van der Waals surface area contributed by atoms with E-state index in [0.29, 0.717) is 6.04 Å². The summed E-state index contributed by atoms with van der Waals surface area (Å²) in [5.41, 5.74) is 4.32. The number of nitrogens with zero attached hydrogens (tertiary/aromatic N) is 2. The fraction of sp³-hybridized carbons (Fsp3) is 0.647. The minimum absolute atomic E-state index is 0.503. The van der Waals surface area contributed by atoms with E-state index in [4.69, 9.17) is 4.74 Å². The normalized spacial score (nSPS) is 22.9. The monoisotopic (exact) mass is 289 g/mol. The summed E-state index contributed by atoms with van der Waals surface area (Å²) in [6.07, 6.45) is 0. The molecule has 0 aromatic heterocycles. The Balaban J connectivity index is 1.84. The van der Waals surface area contributed by atoms with Gasteiger partial charge in [0.2, 0.25) is 0 Å². The van der Waals surface area contributed by atoms with Gasteiger partial charge in [-0.3, -0.25) is 4.90 Å². The Morgan fingerprint density at radius 2 is 2.00 bits per heavy atom. The summed E-state index contributed by atoms with van der Waals surface area (Å²) in [6, 6.07) is 7.53. The Kier molecular flexibility index (Phi) is 4.78. The van der Waals surface area contributed by atoms with Gasteiger partial charge in [0.05, 0.1) is 13.2 Å². The molecule has 1 saturated heterocycles. The quantitative estimate of drug-likeness (QED) is 0.917. The van der Waals surface area contributed by atoms with Crippen LogP contribution < -0.4 is 10.2 Å². The first-order valence-electron chi connectivity index (χ1n) is 8.23. The summed E-state index contributed by atoms with van der Waals surface area (Å²) in [5, 5.41) is 3.59. The molecule has 2 aliphatic heterocycles. The third-order valence-electron chi connectivity index (χ3n) is 4.75. The van der Waals surface area contributed by atoms with Gasteiger partial charge in [-0.25, -0.2) is 0 Å². The van der Waals surface area contributed by atoms with Crippen LogP contribution in [0.5, 0.6) is 0 Å². The predicted octanol–water partition coefficient (Wildman–Crippen LogP) is 2.01. The van der Waals surface area contributed by atoms with Crippen molar-refractivity contribution >= 4 is 5.69 Å². The molecule has 3 rings (SSSR count). The van der Waals surface area contributed by atoms with E-state index in [2.05, 4.69) is 47.2 Å². The molecule has 2 heterocycles. The van der Waals surface area contributed by atoms with Crippen molar-refractivity contribution in [3.05, 3.63) is 29.3 Å². The summed E-state index contributed by atoms with van der Waals surface area (Å²) in [4.78, 5) is 4.98. The van der Waals surface area contributed by atoms with Gasteiger partial charge < -0.3 is 15.0 Å². The number of ether oxygens (including phenoxy) is 1. The molecule has 116 valence electrons. The average Bonchev–Trinajstić information content (AvgIpc) is 2.56. The molecular weight excluding hydrogens is 262 g/mol. The number of anilines is 1. The van der Waals surface area contributed by atoms with Crippen molar-refractivity contribution in [3.8, 4) is 0 Å². The molecule has 4 nitrogen and oxygen atoms in total. The number of fused-ring (bicyclic) bond motifs is 1. The Labute approximate surface area is 128 Å². The highest BCUT2D eigenvalue weighted by atomic mass is 16.5. The van der Waals surface area contributed by atoms with Crippen LogP contribution in [0.2, 0.25) is 0 Å². The Morgan fingerprint density at radius 1 is 1.24 bits per heavy atom. The van der Waals surface area contributed by atoms with Crippen LogP contribution >= 0.6 is 0 Å². The lowest BCUT2D eigenvalue weighted by molar-refractivity contribution is 0.0146. The van der Waals surface area contributed by atoms with E-state index >= 15 is 0 Å². The molecule has 0 unspecified atom stereocenters. The molecule has 0 aliphatic carbocycles. The Morgan fingerprint density at radius 3 is 2.71 bits per heavy atom. The van der Waals surface area contributed by atoms with Gasteiger partial charge in [-0.05, 0) is 37.1 Å². The lowest BCUT2D eigenvalue weighted by Gasteiger charge is -2.38. The second kappa shape index (κ2) is 6.77. The lowest BCUT2D eigenvalue weighted by Crippen LogP contribution is -2.45. The van der Waals surface area contributed by atoms with Gasteiger partial charge in [-0.2, -0.15) is 0 Å². The van der Waals surface area contributed by atoms with Crippen molar-refractivity contribution in [2.24, 2.45) is 0 Å². The summed E-state index contributed by atoms with van der Waals surface area (Å²) < 4.78 is 5.49. The summed E-state index contributed by atoms with van der Waals surface area (Å²) in [7, 11) is 0. The lowest BCUT2D eigenvalue weighted by atomic mass is 9.94. The molecule has 0 amide bonds. The van der Waals surface area contributed by atoms with Gasteiger partial charge in [0.25, 0.3) is 0 Å². The third-order valence-corrected chi connectivity index (χ3v) is 4.75. The standard InChI is InChI=1S/C17H27N3O/c1-3-19(4-2)15-5-6-16-14(11-15)12-18-13-17(16)20-7-9-21-10-8-20/h5-6,11,17-18H,3-4,7-10,12-13H2,1-2H3/t17-/m1/s1. The van der Waals surface area contributed by atoms with Crippen molar-refractivity contribution in [2.45, 2.75) is 26.4 Å². The molecule has 21 heavy (non-hydrogen) atoms. The average molecular weight is 289 g/mol. The Bertz CT molecular complexity index is 467. The number of rotatable bonds is 4. The second-order valence-corrected chi connectivity index (χ2v) is 5.85. The van der Waals surface area contributed by atoms with Crippen LogP contribution in [0.15, 0.2) is 18.2 Å². The number of nitrogens with one attached hydrogen (secondary N) is 1. The largest absolute Gasteiger partial charge is 0.379 e. The Hall–Kier alpha value is -1.10. The van der Waals surface area contributed by atoms with Gasteiger partial charge in [-0.1, -0.05) is 6.07 Å². The van der Waals surface area contributed by atoms with Gasteiger partial charge >= 0.3 is 0 Å². The van der Waals surface area contributed by atoms with Gasteiger partial charge in [0.15, 0.2) is 0 Å². The minimum atomic E-state index is 0.503. The van der Waals surface area contributed by atoms with Gasteiger partial charge in [0, 0.05) is 51.0 Å². The van der Waals surface area contributed by atoms with Crippen LogP contribution in [0, 0.1) is 0 Å². The first kappa shape index (κ1) is 14.8. The van der Waals surface area contributed by atoms with Crippen LogP contribution in [-0.2, 0) is 11.3 Å². The summed E-state index contributed by atoms with van der Waals surface area (Å²) in [6.45, 7) is 12.4. The molecule has 1 aromatic rings. The van der Waals surface area contributed by atoms with E-state index in [1.165, 1.54) is 16.8 Å². The first-order valence-corrected chi connectivity index (χ1v) is 8.23. The molecule has 1 aromatic carbocycles. The van der Waals surface area contributed by atoms with Crippen LogP contribution in [0.1, 0.15) is 31.0 Å². The van der Waals surface area contributed by atoms with E-state index in [9.17, 15) is 0 Å². The van der Waals surface area contributed by atoms with Crippen molar-refractivity contribution in [2.75, 3.05) is 50.8 Å². The third kappa shape index (κ3) is 3.07. The smallest absolute Gasteiger partial charge is 0.0594 e. The van der Waals surface area contributed by atoms with Crippen molar-refractivity contribution in [1.29, 1.82) is 0 Å². The maximum atomic E-state index is 5.49. The molecule has 2 aliphatic rings. The van der Waals surface area contributed by atoms with Crippen LogP contribution in [-0.4, -0.2) is 50.8 Å². The maximum Gasteiger partial charge on any atom is 0.0594 e. The zero-order chi connectivity index (χ0) is 14.7. The zero-order valence-corrected chi connectivity index (χ0v) is 13.3. The van der Waals surface area contributed by atoms with E-state index in [0.717, 1.165) is 52.5 Å². The fourth-order valence-electron chi connectivity index (χ4n) is 3.52. The molecule has 0 radical (unpaired) electrons. The predicted molar refractivity (Wildman–Crippen MR) is 86.8 cm³/mol. The topological polar surface area (TPSA) is 27.7 Å². The molecule has 0 spiro atoms. The highest BCUT2D eigenvalue weighted by molar-refractivity contribution is 5.52. The zero-order valence-electron chi connectivity index (χ0n) is 13.3. The highest BCUT2D eigenvalue weighted by Gasteiger charge is 2.27. The number of hydrogen-bond acceptors (Lipinski definition) is 4. The summed E-state index contributed by atoms with van der Waals surface area (Å²) in [5.74, 6) is 0. The van der Waals surface area contributed by atoms with E-state index < -0.39 is 0 Å². The van der Waals surface area contributed by atoms with Crippen LogP contribution in [0.3, 0.4) is 0 Å². The number of benzene rings is 1. The van der Waals surface area contributed by atoms with E-state index in [-0.39, 0.29) is 0 Å². The number of hydrogen-bond donors (Lipinski definition) is 1. The van der Waals surface area contributed by atoms with E-state index in [1.807, 2.05) is 0 Å². The molecule has 0 saturated carbocycles. The second-order valence-electron chi connectivity index (χ2n) is 5.85. The highest BCUT2D eigenvalue weighted by Crippen LogP contribution is 2.30. The molecule has 1 fully saturated rings. The summed E-state index contributed by atoms with van der Waals surface area (Å²) >= 11 is 0. The molecule has 1 N–H and O–H groups in total. The van der Waals surface area contributed by atoms with E-state index in [1.54, 1.807) is 0 Å². The fourth-order valence-corrected chi connectivity index (χ4v) is 3.52. The first-order chi connectivity index (χ1) is 10.3.